The average Bonchev–Trinajstić information content (AvgIpc) is 2.85. The SMILES string of the molecule is CSCC[C@H](N)C(=O)N(C)CCc1cccs1. The molecule has 1 heterocycles. The maximum Gasteiger partial charge on any atom is 0.239 e. The van der Waals surface area contributed by atoms with E-state index < -0.39 is 0 Å². The van der Waals surface area contributed by atoms with Gasteiger partial charge in [-0.15, -0.1) is 11.3 Å². The Balaban J connectivity index is 2.31. The van der Waals surface area contributed by atoms with Gasteiger partial charge in [0.2, 0.25) is 5.91 Å². The molecule has 0 spiro atoms. The topological polar surface area (TPSA) is 46.3 Å². The van der Waals surface area contributed by atoms with Crippen LogP contribution in [0, 0.1) is 0 Å². The molecule has 0 radical (unpaired) electrons. The molecule has 0 aromatic carbocycles. The minimum atomic E-state index is -0.351. The number of nitrogens with zero attached hydrogens (tertiary/aromatic N) is 1. The lowest BCUT2D eigenvalue weighted by molar-refractivity contribution is -0.131. The second-order valence-corrected chi connectivity index (χ2v) is 5.99. The number of rotatable bonds is 7. The predicted molar refractivity (Wildman–Crippen MR) is 76.6 cm³/mol. The molecule has 1 aromatic rings. The highest BCUT2D eigenvalue weighted by molar-refractivity contribution is 7.98. The molecular weight excluding hydrogens is 252 g/mol. The molecule has 0 aliphatic rings. The minimum absolute atomic E-state index is 0.0515. The van der Waals surface area contributed by atoms with Gasteiger partial charge in [0.1, 0.15) is 0 Å². The van der Waals surface area contributed by atoms with Crippen LogP contribution in [0.25, 0.3) is 0 Å². The van der Waals surface area contributed by atoms with E-state index in [0.29, 0.717) is 0 Å². The second kappa shape index (κ2) is 7.74. The summed E-state index contributed by atoms with van der Waals surface area (Å²) in [5.74, 6) is 0.988. The molecule has 1 rings (SSSR count). The van der Waals surface area contributed by atoms with Gasteiger partial charge < -0.3 is 10.6 Å². The van der Waals surface area contributed by atoms with Crippen LogP contribution < -0.4 is 5.73 Å². The zero-order valence-corrected chi connectivity index (χ0v) is 12.0. The fourth-order valence-corrected chi connectivity index (χ4v) is 2.68. The molecule has 0 unspecified atom stereocenters. The fraction of sp³-hybridized carbons (Fsp3) is 0.583. The molecule has 0 saturated carbocycles. The number of thiophene rings is 1. The van der Waals surface area contributed by atoms with Crippen LogP contribution in [-0.4, -0.2) is 42.4 Å². The Morgan fingerprint density at radius 2 is 2.41 bits per heavy atom. The smallest absolute Gasteiger partial charge is 0.239 e. The molecular formula is C12H20N2OS2. The van der Waals surface area contributed by atoms with Crippen LogP contribution in [0.3, 0.4) is 0 Å². The fourth-order valence-electron chi connectivity index (χ4n) is 1.49. The maximum absolute atomic E-state index is 11.9. The molecule has 0 saturated heterocycles. The Labute approximate surface area is 111 Å². The first-order valence-corrected chi connectivity index (χ1v) is 7.94. The number of hydrogen-bond acceptors (Lipinski definition) is 4. The third-order valence-corrected chi connectivity index (χ3v) is 4.18. The standard InChI is InChI=1S/C12H20N2OS2/c1-14(7-5-10-4-3-8-17-10)12(15)11(13)6-9-16-2/h3-4,8,11H,5-7,9,13H2,1-2H3/t11-/m0/s1. The van der Waals surface area contributed by atoms with Crippen molar-refractivity contribution < 1.29 is 4.79 Å². The first-order chi connectivity index (χ1) is 8.15. The Kier molecular flexibility index (Phi) is 6.62. The van der Waals surface area contributed by atoms with Crippen molar-refractivity contribution in [3.8, 4) is 0 Å². The number of hydrogen-bond donors (Lipinski definition) is 1. The molecule has 17 heavy (non-hydrogen) atoms. The van der Waals surface area contributed by atoms with Crippen LogP contribution in [-0.2, 0) is 11.2 Å². The number of amides is 1. The third kappa shape index (κ3) is 5.10. The van der Waals surface area contributed by atoms with Crippen molar-refractivity contribution >= 4 is 29.0 Å². The van der Waals surface area contributed by atoms with E-state index in [1.165, 1.54) is 4.88 Å². The van der Waals surface area contributed by atoms with Crippen molar-refractivity contribution in [3.63, 3.8) is 0 Å². The van der Waals surface area contributed by atoms with Crippen molar-refractivity contribution in [1.29, 1.82) is 0 Å². The Bertz CT molecular complexity index is 327. The summed E-state index contributed by atoms with van der Waals surface area (Å²) >= 11 is 3.45. The monoisotopic (exact) mass is 272 g/mol. The summed E-state index contributed by atoms with van der Waals surface area (Å²) < 4.78 is 0. The van der Waals surface area contributed by atoms with Gasteiger partial charge in [-0.25, -0.2) is 0 Å². The summed E-state index contributed by atoms with van der Waals surface area (Å²) in [6, 6.07) is 3.78. The lowest BCUT2D eigenvalue weighted by atomic mass is 10.2. The third-order valence-electron chi connectivity index (χ3n) is 2.60. The number of thioether (sulfide) groups is 1. The maximum atomic E-state index is 11.9. The Morgan fingerprint density at radius 3 is 3.00 bits per heavy atom. The summed E-state index contributed by atoms with van der Waals surface area (Å²) in [6.07, 6.45) is 3.69. The van der Waals surface area contributed by atoms with E-state index in [9.17, 15) is 4.79 Å². The second-order valence-electron chi connectivity index (χ2n) is 3.98. The van der Waals surface area contributed by atoms with Gasteiger partial charge in [-0.1, -0.05) is 6.07 Å². The number of likely N-dealkylation sites (N-methyl/N-ethyl adjacent to an activating group) is 1. The largest absolute Gasteiger partial charge is 0.344 e. The van der Waals surface area contributed by atoms with E-state index in [1.54, 1.807) is 28.0 Å². The molecule has 5 heteroatoms. The van der Waals surface area contributed by atoms with E-state index in [-0.39, 0.29) is 11.9 Å². The first-order valence-electron chi connectivity index (χ1n) is 5.67. The number of carbonyl (C=O) groups is 1. The van der Waals surface area contributed by atoms with Crippen molar-refractivity contribution in [2.45, 2.75) is 18.9 Å². The zero-order valence-electron chi connectivity index (χ0n) is 10.4. The molecule has 3 nitrogen and oxygen atoms in total. The quantitative estimate of drug-likeness (QED) is 0.824. The van der Waals surface area contributed by atoms with E-state index in [4.69, 9.17) is 5.73 Å². The van der Waals surface area contributed by atoms with Gasteiger partial charge in [0, 0.05) is 18.5 Å². The molecule has 96 valence electrons. The van der Waals surface area contributed by atoms with E-state index in [1.807, 2.05) is 19.4 Å². The molecule has 2 N–H and O–H groups in total. The number of carbonyl (C=O) groups excluding carboxylic acids is 1. The summed E-state index contributed by atoms with van der Waals surface area (Å²) in [7, 11) is 1.83. The van der Waals surface area contributed by atoms with Gasteiger partial charge in [-0.3, -0.25) is 4.79 Å². The normalized spacial score (nSPS) is 12.4. The molecule has 1 aromatic heterocycles. The highest BCUT2D eigenvalue weighted by atomic mass is 32.2. The van der Waals surface area contributed by atoms with Crippen molar-refractivity contribution in [3.05, 3.63) is 22.4 Å². The van der Waals surface area contributed by atoms with Crippen LogP contribution >= 0.6 is 23.1 Å². The minimum Gasteiger partial charge on any atom is -0.344 e. The molecule has 0 fully saturated rings. The van der Waals surface area contributed by atoms with Crippen LogP contribution in [0.5, 0.6) is 0 Å². The van der Waals surface area contributed by atoms with Gasteiger partial charge >= 0.3 is 0 Å². The summed E-state index contributed by atoms with van der Waals surface area (Å²) in [4.78, 5) is 15.0. The highest BCUT2D eigenvalue weighted by Crippen LogP contribution is 2.10. The van der Waals surface area contributed by atoms with Crippen molar-refractivity contribution in [2.24, 2.45) is 5.73 Å². The molecule has 0 bridgehead atoms. The summed E-state index contributed by atoms with van der Waals surface area (Å²) in [5, 5.41) is 2.06. The van der Waals surface area contributed by atoms with E-state index >= 15 is 0 Å². The van der Waals surface area contributed by atoms with Gasteiger partial charge in [0.15, 0.2) is 0 Å². The first kappa shape index (κ1) is 14.5. The molecule has 0 aliphatic heterocycles. The van der Waals surface area contributed by atoms with Crippen LogP contribution in [0.1, 0.15) is 11.3 Å². The van der Waals surface area contributed by atoms with Crippen molar-refractivity contribution in [2.75, 3.05) is 25.6 Å². The van der Waals surface area contributed by atoms with Crippen molar-refractivity contribution in [1.82, 2.24) is 4.90 Å². The summed E-state index contributed by atoms with van der Waals surface area (Å²) in [5.41, 5.74) is 5.85. The molecule has 1 atom stereocenters. The van der Waals surface area contributed by atoms with Crippen LogP contribution in [0.15, 0.2) is 17.5 Å². The van der Waals surface area contributed by atoms with E-state index in [0.717, 1.165) is 25.1 Å². The lowest BCUT2D eigenvalue weighted by Gasteiger charge is -2.20. The lowest BCUT2D eigenvalue weighted by Crippen LogP contribution is -2.42. The average molecular weight is 272 g/mol. The van der Waals surface area contributed by atoms with Crippen LogP contribution in [0.2, 0.25) is 0 Å². The highest BCUT2D eigenvalue weighted by Gasteiger charge is 2.17. The van der Waals surface area contributed by atoms with Gasteiger partial charge in [0.05, 0.1) is 6.04 Å². The predicted octanol–water partition coefficient (Wildman–Crippen LogP) is 1.83. The number of nitrogens with two attached hydrogens (primary N) is 1. The Hall–Kier alpha value is -0.520. The van der Waals surface area contributed by atoms with Gasteiger partial charge in [0.25, 0.3) is 0 Å². The molecule has 1 amide bonds. The molecule has 0 aliphatic carbocycles. The van der Waals surface area contributed by atoms with Gasteiger partial charge in [-0.2, -0.15) is 11.8 Å². The zero-order chi connectivity index (χ0) is 12.7. The van der Waals surface area contributed by atoms with Crippen LogP contribution in [0.4, 0.5) is 0 Å². The van der Waals surface area contributed by atoms with Gasteiger partial charge in [-0.05, 0) is 36.3 Å². The van der Waals surface area contributed by atoms with E-state index in [2.05, 4.69) is 11.4 Å². The summed E-state index contributed by atoms with van der Waals surface area (Å²) in [6.45, 7) is 0.742. The Morgan fingerprint density at radius 1 is 1.65 bits per heavy atom.